The highest BCUT2D eigenvalue weighted by Crippen LogP contribution is 1.95. The van der Waals surface area contributed by atoms with Crippen LogP contribution in [0.3, 0.4) is 0 Å². The Morgan fingerprint density at radius 3 is 3.11 bits per heavy atom. The van der Waals surface area contributed by atoms with Gasteiger partial charge in [-0.15, -0.1) is 6.58 Å². The number of hydrogen-bond donors (Lipinski definition) is 1. The lowest BCUT2D eigenvalue weighted by molar-refractivity contribution is 0.503. The molecule has 1 heterocycles. The Kier molecular flexibility index (Phi) is 1.72. The highest BCUT2D eigenvalue weighted by atomic mass is 15.3. The first-order valence-corrected chi connectivity index (χ1v) is 3.00. The molecule has 1 rings (SSSR count). The molecule has 0 radical (unpaired) electrons. The van der Waals surface area contributed by atoms with Gasteiger partial charge in [-0.2, -0.15) is 0 Å². The van der Waals surface area contributed by atoms with E-state index >= 15 is 0 Å². The summed E-state index contributed by atoms with van der Waals surface area (Å²) in [5.74, 6) is 0.648. The van der Waals surface area contributed by atoms with Crippen molar-refractivity contribution in [2.45, 2.75) is 0 Å². The van der Waals surface area contributed by atoms with Crippen LogP contribution in [-0.2, 0) is 0 Å². The summed E-state index contributed by atoms with van der Waals surface area (Å²) in [6.45, 7) is 6.20. The van der Waals surface area contributed by atoms with Crippen molar-refractivity contribution < 1.29 is 0 Å². The Morgan fingerprint density at radius 1 is 1.89 bits per heavy atom. The van der Waals surface area contributed by atoms with Gasteiger partial charge in [-0.05, 0) is 0 Å². The molecule has 9 heavy (non-hydrogen) atoms. The maximum Gasteiger partial charge on any atom is 0.191 e. The lowest BCUT2D eigenvalue weighted by Gasteiger charge is -2.13. The van der Waals surface area contributed by atoms with Gasteiger partial charge in [0.15, 0.2) is 5.96 Å². The minimum Gasteiger partial charge on any atom is -0.370 e. The fourth-order valence-electron chi connectivity index (χ4n) is 0.840. The molecule has 1 aliphatic rings. The van der Waals surface area contributed by atoms with Crippen LogP contribution in [0.25, 0.3) is 0 Å². The predicted molar refractivity (Wildman–Crippen MR) is 38.3 cm³/mol. The summed E-state index contributed by atoms with van der Waals surface area (Å²) in [6.07, 6.45) is 1.83. The summed E-state index contributed by atoms with van der Waals surface area (Å²) >= 11 is 0. The van der Waals surface area contributed by atoms with Gasteiger partial charge in [0, 0.05) is 13.1 Å². The number of nitrogens with two attached hydrogens (primary N) is 1. The smallest absolute Gasteiger partial charge is 0.191 e. The summed E-state index contributed by atoms with van der Waals surface area (Å²) in [4.78, 5) is 6.00. The molecule has 0 unspecified atom stereocenters. The van der Waals surface area contributed by atoms with Crippen LogP contribution in [0, 0.1) is 0 Å². The molecular formula is C6H11N3. The van der Waals surface area contributed by atoms with E-state index in [1.54, 1.807) is 0 Å². The maximum absolute atomic E-state index is 5.49. The molecule has 0 aromatic rings. The van der Waals surface area contributed by atoms with Gasteiger partial charge in [-0.1, -0.05) is 6.08 Å². The van der Waals surface area contributed by atoms with Crippen molar-refractivity contribution in [1.29, 1.82) is 0 Å². The second kappa shape index (κ2) is 2.53. The van der Waals surface area contributed by atoms with Gasteiger partial charge in [0.2, 0.25) is 0 Å². The SMILES string of the molecule is C=CCN1CCN=C1N. The van der Waals surface area contributed by atoms with Crippen molar-refractivity contribution in [1.82, 2.24) is 4.90 Å². The third-order valence-corrected chi connectivity index (χ3v) is 1.32. The molecule has 1 aliphatic heterocycles. The molecule has 3 heteroatoms. The van der Waals surface area contributed by atoms with Crippen molar-refractivity contribution in [2.24, 2.45) is 10.7 Å². The van der Waals surface area contributed by atoms with Crippen LogP contribution in [0.4, 0.5) is 0 Å². The van der Waals surface area contributed by atoms with Crippen LogP contribution in [0.5, 0.6) is 0 Å². The normalized spacial score (nSPS) is 17.8. The molecule has 0 fully saturated rings. The highest BCUT2D eigenvalue weighted by Gasteiger charge is 2.09. The highest BCUT2D eigenvalue weighted by molar-refractivity contribution is 5.79. The first-order chi connectivity index (χ1) is 4.34. The molecule has 0 aromatic heterocycles. The molecule has 0 bridgehead atoms. The van der Waals surface area contributed by atoms with Gasteiger partial charge < -0.3 is 10.6 Å². The fraction of sp³-hybridized carbons (Fsp3) is 0.500. The predicted octanol–water partition coefficient (Wildman–Crippen LogP) is -0.197. The van der Waals surface area contributed by atoms with E-state index < -0.39 is 0 Å². The molecular weight excluding hydrogens is 114 g/mol. The van der Waals surface area contributed by atoms with Crippen molar-refractivity contribution in [3.05, 3.63) is 12.7 Å². The molecule has 0 amide bonds. The van der Waals surface area contributed by atoms with E-state index in [2.05, 4.69) is 11.6 Å². The zero-order valence-corrected chi connectivity index (χ0v) is 5.38. The van der Waals surface area contributed by atoms with E-state index in [-0.39, 0.29) is 0 Å². The van der Waals surface area contributed by atoms with Gasteiger partial charge in [0.05, 0.1) is 6.54 Å². The van der Waals surface area contributed by atoms with Crippen LogP contribution in [0.1, 0.15) is 0 Å². The van der Waals surface area contributed by atoms with Gasteiger partial charge in [0.25, 0.3) is 0 Å². The summed E-state index contributed by atoms with van der Waals surface area (Å²) in [5.41, 5.74) is 5.49. The fourth-order valence-corrected chi connectivity index (χ4v) is 0.840. The van der Waals surface area contributed by atoms with E-state index in [0.717, 1.165) is 19.6 Å². The molecule has 2 N–H and O–H groups in total. The van der Waals surface area contributed by atoms with Crippen molar-refractivity contribution in [3.8, 4) is 0 Å². The van der Waals surface area contributed by atoms with Crippen LogP contribution >= 0.6 is 0 Å². The third-order valence-electron chi connectivity index (χ3n) is 1.32. The Hall–Kier alpha value is -0.990. The number of aliphatic imine (C=N–C) groups is 1. The summed E-state index contributed by atoms with van der Waals surface area (Å²) in [5, 5.41) is 0. The summed E-state index contributed by atoms with van der Waals surface area (Å²) < 4.78 is 0. The van der Waals surface area contributed by atoms with E-state index in [1.807, 2.05) is 11.0 Å². The number of guanidine groups is 1. The van der Waals surface area contributed by atoms with Crippen LogP contribution in [0.2, 0.25) is 0 Å². The Bertz CT molecular complexity index is 139. The summed E-state index contributed by atoms with van der Waals surface area (Å²) in [6, 6.07) is 0. The van der Waals surface area contributed by atoms with E-state index in [0.29, 0.717) is 5.96 Å². The lowest BCUT2D eigenvalue weighted by atomic mass is 10.5. The third kappa shape index (κ3) is 1.22. The first kappa shape index (κ1) is 6.13. The molecule has 0 saturated carbocycles. The van der Waals surface area contributed by atoms with Crippen molar-refractivity contribution in [2.75, 3.05) is 19.6 Å². The monoisotopic (exact) mass is 125 g/mol. The number of rotatable bonds is 2. The van der Waals surface area contributed by atoms with Crippen LogP contribution in [-0.4, -0.2) is 30.5 Å². The van der Waals surface area contributed by atoms with Gasteiger partial charge in [-0.3, -0.25) is 4.99 Å². The minimum absolute atomic E-state index is 0.648. The second-order valence-electron chi connectivity index (χ2n) is 1.97. The van der Waals surface area contributed by atoms with Crippen LogP contribution < -0.4 is 5.73 Å². The molecule has 0 aliphatic carbocycles. The van der Waals surface area contributed by atoms with E-state index in [9.17, 15) is 0 Å². The quantitative estimate of drug-likeness (QED) is 0.519. The van der Waals surface area contributed by atoms with Crippen molar-refractivity contribution >= 4 is 5.96 Å². The van der Waals surface area contributed by atoms with Gasteiger partial charge in [0.1, 0.15) is 0 Å². The molecule has 50 valence electrons. The second-order valence-corrected chi connectivity index (χ2v) is 1.97. The Labute approximate surface area is 54.9 Å². The molecule has 0 atom stereocenters. The molecule has 0 aromatic carbocycles. The number of hydrogen-bond acceptors (Lipinski definition) is 3. The Morgan fingerprint density at radius 2 is 2.67 bits per heavy atom. The maximum atomic E-state index is 5.49. The largest absolute Gasteiger partial charge is 0.370 e. The molecule has 0 spiro atoms. The van der Waals surface area contributed by atoms with Gasteiger partial charge in [-0.25, -0.2) is 0 Å². The molecule has 3 nitrogen and oxygen atoms in total. The average molecular weight is 125 g/mol. The standard InChI is InChI=1S/C6H11N3/c1-2-4-9-5-3-8-6(9)7/h2H,1,3-5H2,(H2,7,8). The first-order valence-electron chi connectivity index (χ1n) is 3.00. The lowest BCUT2D eigenvalue weighted by Crippen LogP contribution is -2.33. The van der Waals surface area contributed by atoms with E-state index in [1.165, 1.54) is 0 Å². The van der Waals surface area contributed by atoms with E-state index in [4.69, 9.17) is 5.73 Å². The zero-order valence-electron chi connectivity index (χ0n) is 5.38. The van der Waals surface area contributed by atoms with Crippen LogP contribution in [0.15, 0.2) is 17.6 Å². The summed E-state index contributed by atoms with van der Waals surface area (Å²) in [7, 11) is 0. The zero-order chi connectivity index (χ0) is 6.69. The average Bonchev–Trinajstić information content (AvgIpc) is 2.18. The van der Waals surface area contributed by atoms with Gasteiger partial charge >= 0.3 is 0 Å². The number of nitrogens with zero attached hydrogens (tertiary/aromatic N) is 2. The Balaban J connectivity index is 2.42. The topological polar surface area (TPSA) is 41.6 Å². The minimum atomic E-state index is 0.648. The van der Waals surface area contributed by atoms with Crippen molar-refractivity contribution in [3.63, 3.8) is 0 Å². The molecule has 0 saturated heterocycles.